The number of esters is 1. The van der Waals surface area contributed by atoms with Gasteiger partial charge < -0.3 is 18.9 Å². The largest absolute Gasteiger partial charge is 0.503 e. The number of benzene rings is 4. The molecule has 1 atom stereocenters. The van der Waals surface area contributed by atoms with Crippen molar-refractivity contribution in [3.8, 4) is 29.3 Å². The molecule has 0 bridgehead atoms. The van der Waals surface area contributed by atoms with Crippen LogP contribution in [0.1, 0.15) is 27.8 Å². The average Bonchev–Trinajstić information content (AvgIpc) is 3.14. The highest BCUT2D eigenvalue weighted by atomic mass is 35.5. The lowest BCUT2D eigenvalue weighted by Gasteiger charge is -2.35. The normalized spacial score (nSPS) is 12.2. The number of nitrogens with zero attached hydrogens (tertiary/aromatic N) is 5. The van der Waals surface area contributed by atoms with Crippen LogP contribution in [-0.2, 0) is 19.9 Å². The smallest absolute Gasteiger partial charge is 0.343 e. The highest BCUT2D eigenvalue weighted by Gasteiger charge is 2.44. The van der Waals surface area contributed by atoms with Gasteiger partial charge in [0.15, 0.2) is 5.60 Å². The number of halogens is 2. The Morgan fingerprint density at radius 1 is 0.780 bits per heavy atom. The zero-order chi connectivity index (χ0) is 34.9. The first kappa shape index (κ1) is 33.6. The first-order chi connectivity index (χ1) is 24.4. The van der Waals surface area contributed by atoms with E-state index in [1.807, 2.05) is 0 Å². The third kappa shape index (κ3) is 7.10. The van der Waals surface area contributed by atoms with E-state index in [1.165, 1.54) is 32.1 Å². The Morgan fingerprint density at radius 3 is 2.12 bits per heavy atom. The summed E-state index contributed by atoms with van der Waals surface area (Å²) >= 11 is 13.1. The van der Waals surface area contributed by atoms with Gasteiger partial charge in [-0.2, -0.15) is 5.26 Å². The lowest BCUT2D eigenvalue weighted by Crippen LogP contribution is -2.36. The zero-order valence-electron chi connectivity index (χ0n) is 26.2. The summed E-state index contributed by atoms with van der Waals surface area (Å²) < 4.78 is 24.0. The van der Waals surface area contributed by atoms with Crippen LogP contribution in [0.4, 0.5) is 0 Å². The molecule has 0 radical (unpaired) electrons. The number of rotatable bonds is 11. The topological polar surface area (TPSA) is 129 Å². The van der Waals surface area contributed by atoms with Crippen molar-refractivity contribution in [2.75, 3.05) is 7.11 Å². The summed E-state index contributed by atoms with van der Waals surface area (Å²) in [5.74, 6) is 0.0172. The Labute approximate surface area is 297 Å². The van der Waals surface area contributed by atoms with Crippen molar-refractivity contribution in [2.24, 2.45) is 0 Å². The van der Waals surface area contributed by atoms with Gasteiger partial charge in [-0.1, -0.05) is 83.9 Å². The molecule has 0 aliphatic rings. The highest BCUT2D eigenvalue weighted by molar-refractivity contribution is 6.31. The van der Waals surface area contributed by atoms with E-state index in [0.717, 1.165) is 0 Å². The fourth-order valence-corrected chi connectivity index (χ4v) is 5.58. The van der Waals surface area contributed by atoms with Gasteiger partial charge in [0.2, 0.25) is 11.8 Å². The van der Waals surface area contributed by atoms with Crippen molar-refractivity contribution >= 4 is 34.7 Å². The molecule has 0 aliphatic carbocycles. The molecule has 0 saturated carbocycles. The van der Waals surface area contributed by atoms with Gasteiger partial charge in [-0.3, -0.25) is 0 Å². The van der Waals surface area contributed by atoms with E-state index < -0.39 is 11.6 Å². The molecule has 2 heterocycles. The van der Waals surface area contributed by atoms with Crippen molar-refractivity contribution in [1.29, 1.82) is 5.26 Å². The molecule has 2 aromatic heterocycles. The molecule has 6 aromatic rings. The first-order valence-corrected chi connectivity index (χ1v) is 15.7. The molecule has 12 heteroatoms. The number of hydrogen-bond donors (Lipinski definition) is 0. The summed E-state index contributed by atoms with van der Waals surface area (Å²) in [5, 5.41) is 10.3. The molecule has 1 unspecified atom stereocenters. The van der Waals surface area contributed by atoms with Gasteiger partial charge in [0.1, 0.15) is 35.8 Å². The molecule has 6 rings (SSSR count). The summed E-state index contributed by atoms with van der Waals surface area (Å²) in [6.07, 6.45) is 7.00. The molecule has 0 N–H and O–H groups in total. The molecule has 0 fully saturated rings. The molecule has 0 aliphatic heterocycles. The van der Waals surface area contributed by atoms with Crippen LogP contribution in [0.5, 0.6) is 23.3 Å². The molecular weight excluding hydrogens is 677 g/mol. The monoisotopic (exact) mass is 701 g/mol. The second-order valence-corrected chi connectivity index (χ2v) is 11.3. The number of carbonyl (C=O) groups is 1. The lowest BCUT2D eigenvalue weighted by molar-refractivity contribution is -0.146. The van der Waals surface area contributed by atoms with E-state index in [2.05, 4.69) is 26.0 Å². The number of hydrogen-bond acceptors (Lipinski definition) is 10. The molecular formula is C38H25Cl2N5O5. The van der Waals surface area contributed by atoms with Crippen LogP contribution < -0.4 is 9.47 Å². The average molecular weight is 703 g/mol. The summed E-state index contributed by atoms with van der Waals surface area (Å²) in [6.45, 7) is 0. The minimum absolute atomic E-state index is 0.0128. The Hall–Kier alpha value is -6.28. The number of para-hydroxylation sites is 2. The van der Waals surface area contributed by atoms with Gasteiger partial charge in [-0.25, -0.2) is 24.7 Å². The van der Waals surface area contributed by atoms with Gasteiger partial charge in [-0.15, -0.1) is 0 Å². The third-order valence-corrected chi connectivity index (χ3v) is 7.98. The molecule has 0 spiro atoms. The Morgan fingerprint density at radius 2 is 1.42 bits per heavy atom. The number of carbonyl (C=O) groups excluding carboxylic acids is 1. The fourth-order valence-electron chi connectivity index (χ4n) is 5.18. The van der Waals surface area contributed by atoms with Crippen LogP contribution in [-0.4, -0.2) is 33.0 Å². The second kappa shape index (κ2) is 15.3. The van der Waals surface area contributed by atoms with Gasteiger partial charge in [0.25, 0.3) is 0 Å². The van der Waals surface area contributed by atoms with Gasteiger partial charge in [0.05, 0.1) is 25.0 Å². The molecule has 246 valence electrons. The summed E-state index contributed by atoms with van der Waals surface area (Å²) in [5.41, 5.74) is 0.452. The Kier molecular flexibility index (Phi) is 10.3. The molecule has 50 heavy (non-hydrogen) atoms. The van der Waals surface area contributed by atoms with E-state index in [4.69, 9.17) is 42.1 Å². The van der Waals surface area contributed by atoms with E-state index in [-0.39, 0.29) is 23.1 Å². The maximum atomic E-state index is 14.6. The number of nitriles is 1. The van der Waals surface area contributed by atoms with Crippen LogP contribution >= 0.6 is 23.2 Å². The minimum atomic E-state index is -1.64. The van der Waals surface area contributed by atoms with Crippen LogP contribution in [0.3, 0.4) is 0 Å². The van der Waals surface area contributed by atoms with Crippen molar-refractivity contribution in [3.05, 3.63) is 172 Å². The van der Waals surface area contributed by atoms with E-state index in [1.54, 1.807) is 109 Å². The van der Waals surface area contributed by atoms with Crippen LogP contribution in [0.2, 0.25) is 10.0 Å². The van der Waals surface area contributed by atoms with Crippen LogP contribution in [0.15, 0.2) is 134 Å². The standard InChI is InChI=1S/C38H25Cl2N5O5/c1-47-22-30(29-9-3-7-13-34(29)49-36-18-35(44-24-45-36)48-33-12-6-2-8-25(33)19-41)37(46)50-38(27-20-42-23-43-21-27,26-14-16-28(39)17-15-26)31-10-4-5-11-32(31)40/h2-18,20-24H,1H3/b30-22+. The molecule has 0 saturated heterocycles. The zero-order valence-corrected chi connectivity index (χ0v) is 27.7. The lowest BCUT2D eigenvalue weighted by atomic mass is 9.81. The van der Waals surface area contributed by atoms with Gasteiger partial charge in [0, 0.05) is 44.7 Å². The van der Waals surface area contributed by atoms with E-state index >= 15 is 0 Å². The van der Waals surface area contributed by atoms with E-state index in [9.17, 15) is 10.1 Å². The minimum Gasteiger partial charge on any atom is -0.503 e. The Balaban J connectivity index is 1.40. The number of methoxy groups -OCH3 is 1. The maximum absolute atomic E-state index is 14.6. The number of ether oxygens (including phenoxy) is 4. The summed E-state index contributed by atoms with van der Waals surface area (Å²) in [4.78, 5) is 31.4. The second-order valence-electron chi connectivity index (χ2n) is 10.5. The van der Waals surface area contributed by atoms with Crippen molar-refractivity contribution in [1.82, 2.24) is 19.9 Å². The predicted octanol–water partition coefficient (Wildman–Crippen LogP) is 8.55. The highest BCUT2D eigenvalue weighted by Crippen LogP contribution is 2.45. The predicted molar refractivity (Wildman–Crippen MR) is 186 cm³/mol. The SMILES string of the molecule is CO/C=C(/C(=O)OC(c1ccc(Cl)cc1)(c1cncnc1)c1ccccc1Cl)c1ccccc1Oc1cc(Oc2ccccc2C#N)ncn1. The quantitative estimate of drug-likeness (QED) is 0.0736. The Bertz CT molecular complexity index is 2210. The summed E-state index contributed by atoms with van der Waals surface area (Å²) in [6, 6.07) is 31.0. The van der Waals surface area contributed by atoms with Crippen LogP contribution in [0, 0.1) is 11.3 Å². The molecule has 4 aromatic carbocycles. The molecule has 0 amide bonds. The molecule has 10 nitrogen and oxygen atoms in total. The summed E-state index contributed by atoms with van der Waals surface area (Å²) in [7, 11) is 1.41. The fraction of sp³-hybridized carbons (Fsp3) is 0.0526. The number of aromatic nitrogens is 4. The van der Waals surface area contributed by atoms with Crippen molar-refractivity contribution in [3.63, 3.8) is 0 Å². The van der Waals surface area contributed by atoms with E-state index in [0.29, 0.717) is 43.6 Å². The first-order valence-electron chi connectivity index (χ1n) is 14.9. The third-order valence-electron chi connectivity index (χ3n) is 7.40. The maximum Gasteiger partial charge on any atom is 0.343 e. The van der Waals surface area contributed by atoms with Crippen molar-refractivity contribution in [2.45, 2.75) is 5.60 Å². The van der Waals surface area contributed by atoms with Gasteiger partial charge >= 0.3 is 5.97 Å². The van der Waals surface area contributed by atoms with Gasteiger partial charge in [-0.05, 0) is 36.4 Å². The van der Waals surface area contributed by atoms with Crippen LogP contribution in [0.25, 0.3) is 5.57 Å². The van der Waals surface area contributed by atoms with Crippen molar-refractivity contribution < 1.29 is 23.7 Å².